The summed E-state index contributed by atoms with van der Waals surface area (Å²) < 4.78 is 45.3. The van der Waals surface area contributed by atoms with Gasteiger partial charge in [0.2, 0.25) is 0 Å². The van der Waals surface area contributed by atoms with Crippen LogP contribution in [0.5, 0.6) is 11.6 Å². The molecule has 4 amide bonds. The van der Waals surface area contributed by atoms with Crippen molar-refractivity contribution in [2.24, 2.45) is 5.41 Å². The maximum atomic E-state index is 15.0. The molecule has 2 aromatic heterocycles. The summed E-state index contributed by atoms with van der Waals surface area (Å²) in [5.41, 5.74) is 3.77. The van der Waals surface area contributed by atoms with Gasteiger partial charge in [0.1, 0.15) is 5.82 Å². The molecule has 17 nitrogen and oxygen atoms in total. The summed E-state index contributed by atoms with van der Waals surface area (Å²) in [6.45, 7) is 16.6. The van der Waals surface area contributed by atoms with Gasteiger partial charge >= 0.3 is 316 Å². The topological polar surface area (TPSA) is 214 Å². The molecule has 2 aromatic carbocycles. The molecule has 4 N–H and O–H groups in total. The zero-order chi connectivity index (χ0) is 50.9. The van der Waals surface area contributed by atoms with Gasteiger partial charge in [-0.2, -0.15) is 0 Å². The van der Waals surface area contributed by atoms with Crippen LogP contribution in [0.4, 0.5) is 4.79 Å². The van der Waals surface area contributed by atoms with E-state index in [1.54, 1.807) is 13.0 Å². The average molecular weight is 1110 g/mol. The second-order valence-corrected chi connectivity index (χ2v) is 27.0. The van der Waals surface area contributed by atoms with Gasteiger partial charge in [-0.05, 0) is 44.5 Å². The molecule has 386 valence electrons. The second-order valence-electron chi connectivity index (χ2n) is 21.2. The van der Waals surface area contributed by atoms with Crippen LogP contribution >= 0.6 is 0 Å². The predicted octanol–water partition coefficient (Wildman–Crippen LogP) is 3.56. The zero-order valence-corrected chi connectivity index (χ0v) is 45.0. The van der Waals surface area contributed by atoms with Gasteiger partial charge in [-0.15, -0.1) is 0 Å². The Morgan fingerprint density at radius 2 is 1.80 bits per heavy atom. The Hall–Kier alpha value is -5.02. The standard InChI is InChI=1S/C52H70IN8O9S/c1-9-41-52(53-41,48(64)59-71(66,67)51(7)24-25-51)58-45(62)40-29-34-30-61(40)47(63)44(50(4,5)6)57-49(65)69-33(3)18-13-11-10-12-14-20-36-43(35-19-15-16-21-37(35)56-46(36)70-34)68-27-17-26-60(8)31-42-54-38-23-22-32(2)28-39(38)55-42/h9,15-16,19,21-23,28,33-34,40-41,44H,1,10-14,17-18,20,24-27,29-31H2,2-8H3,(H,54,55)(H,57,65)(H,58,62)(H,59,64)/q-1/t33?,34?,40-,41-,44+,52+/m0/s1. The van der Waals surface area contributed by atoms with Gasteiger partial charge in [0.05, 0.1) is 17.6 Å². The molecule has 1 saturated carbocycles. The molecule has 0 spiro atoms. The molecule has 1 aliphatic carbocycles. The molecule has 2 unspecified atom stereocenters. The Morgan fingerprint density at radius 3 is 2.54 bits per heavy atom. The number of H-pyrrole nitrogens is 1. The Bertz CT molecular complexity index is 2780. The third-order valence-corrected chi connectivity index (χ3v) is 20.1. The molecule has 5 heterocycles. The van der Waals surface area contributed by atoms with Crippen LogP contribution in [0.3, 0.4) is 0 Å². The molecule has 2 saturated heterocycles. The number of aromatic amines is 1. The summed E-state index contributed by atoms with van der Waals surface area (Å²) in [4.78, 5) is 74.2. The van der Waals surface area contributed by atoms with E-state index in [2.05, 4.69) is 57.9 Å². The molecular weight excluding hydrogens is 1040 g/mol. The summed E-state index contributed by atoms with van der Waals surface area (Å²) in [5.74, 6) is -0.0379. The Morgan fingerprint density at radius 1 is 1.06 bits per heavy atom. The van der Waals surface area contributed by atoms with E-state index in [-0.39, 0.29) is 13.0 Å². The van der Waals surface area contributed by atoms with E-state index < -0.39 is 97.0 Å². The number of cyclic esters (lactones) is 1. The number of halogens is 1. The van der Waals surface area contributed by atoms with Crippen LogP contribution in [0.2, 0.25) is 0 Å². The van der Waals surface area contributed by atoms with Crippen molar-refractivity contribution in [1.29, 1.82) is 0 Å². The van der Waals surface area contributed by atoms with Crippen molar-refractivity contribution >= 4 is 55.8 Å². The van der Waals surface area contributed by atoms with E-state index in [9.17, 15) is 22.8 Å². The molecule has 71 heavy (non-hydrogen) atoms. The number of rotatable bonds is 13. The van der Waals surface area contributed by atoms with Crippen molar-refractivity contribution < 1.29 is 63.0 Å². The minimum absolute atomic E-state index is 0.0162. The number of fused-ring (bicyclic) bond motifs is 5. The summed E-state index contributed by atoms with van der Waals surface area (Å²) in [5, 5.41) is 6.60. The summed E-state index contributed by atoms with van der Waals surface area (Å²) >= 11 is -1.10. The molecule has 4 aromatic rings. The van der Waals surface area contributed by atoms with Crippen LogP contribution in [0.15, 0.2) is 55.1 Å². The first-order valence-electron chi connectivity index (χ1n) is 25.0. The van der Waals surface area contributed by atoms with E-state index in [1.165, 1.54) is 10.5 Å². The number of ether oxygens (including phenoxy) is 3. The molecule has 3 fully saturated rings. The van der Waals surface area contributed by atoms with Gasteiger partial charge in [0.15, 0.2) is 0 Å². The van der Waals surface area contributed by atoms with Gasteiger partial charge in [0.25, 0.3) is 0 Å². The summed E-state index contributed by atoms with van der Waals surface area (Å²) in [6, 6.07) is 11.7. The SMILES string of the molecule is C=C[C@@H]1[I-][C@]1(NC(=O)[C@@H]1CC2CN1C(=O)[C@H](C(C)(C)C)NC(=O)OC(C)CCCCCCCc1c(nc3ccccc3c1OCCCN(C)Cc1nc3ccc(C)cc3[nH]1)O2)C(=O)NS(=O)(=O)C1(C)CC1. The number of sulfonamides is 1. The molecule has 8 rings (SSSR count). The van der Waals surface area contributed by atoms with Crippen LogP contribution in [0.1, 0.15) is 116 Å². The van der Waals surface area contributed by atoms with Crippen molar-refractivity contribution in [1.82, 2.24) is 40.1 Å². The van der Waals surface area contributed by atoms with Crippen LogP contribution in [0, 0.1) is 12.3 Å². The normalized spacial score (nSPS) is 25.3. The second kappa shape index (κ2) is 21.2. The fraction of sp³-hybridized carbons (Fsp3) is 0.577. The predicted molar refractivity (Wildman–Crippen MR) is 267 cm³/mol. The number of hydrogen-bond donors (Lipinski definition) is 4. The number of hydrogen-bond acceptors (Lipinski definition) is 12. The van der Waals surface area contributed by atoms with E-state index in [4.69, 9.17) is 24.2 Å². The number of nitrogens with zero attached hydrogens (tertiary/aromatic N) is 4. The number of alkyl carbamates (subject to hydrolysis) is 1. The average Bonchev–Trinajstić information content (AvgIpc) is 4.14. The van der Waals surface area contributed by atoms with Crippen molar-refractivity contribution in [2.75, 3.05) is 26.7 Å². The fourth-order valence-corrected chi connectivity index (χ4v) is 13.6. The first kappa shape index (κ1) is 52.3. The van der Waals surface area contributed by atoms with Crippen LogP contribution in [-0.4, -0.2) is 120 Å². The number of nitrogens with one attached hydrogen (secondary N) is 4. The Kier molecular flexibility index (Phi) is 15.6. The van der Waals surface area contributed by atoms with Crippen LogP contribution in [-0.2, 0) is 42.1 Å². The minimum atomic E-state index is -4.02. The number of imidazole rings is 1. The quantitative estimate of drug-likeness (QED) is 0.0498. The van der Waals surface area contributed by atoms with Gasteiger partial charge in [0, 0.05) is 6.54 Å². The number of carbonyl (C=O) groups is 4. The first-order valence-corrected chi connectivity index (χ1v) is 28.8. The van der Waals surface area contributed by atoms with Crippen molar-refractivity contribution in [3.05, 3.63) is 72.1 Å². The number of carbonyl (C=O) groups excluding carboxylic acids is 4. The Balaban J connectivity index is 1.08. The number of para-hydroxylation sites is 1. The molecule has 2 bridgehead atoms. The number of aromatic nitrogens is 3. The third-order valence-electron chi connectivity index (χ3n) is 14.1. The van der Waals surface area contributed by atoms with E-state index in [1.807, 2.05) is 58.0 Å². The molecular formula is C52H70IN8O9S-. The van der Waals surface area contributed by atoms with E-state index >= 15 is 4.79 Å². The van der Waals surface area contributed by atoms with Crippen molar-refractivity contribution in [3.8, 4) is 11.6 Å². The third kappa shape index (κ3) is 11.9. The number of aryl methyl sites for hydroxylation is 1. The Labute approximate surface area is 427 Å². The molecule has 3 aliphatic heterocycles. The van der Waals surface area contributed by atoms with Gasteiger partial charge in [-0.1, -0.05) is 25.0 Å². The van der Waals surface area contributed by atoms with Crippen LogP contribution < -0.4 is 46.0 Å². The van der Waals surface area contributed by atoms with E-state index in [0.29, 0.717) is 56.0 Å². The van der Waals surface area contributed by atoms with Crippen molar-refractivity contribution in [2.45, 2.75) is 155 Å². The van der Waals surface area contributed by atoms with Gasteiger partial charge < -0.3 is 4.98 Å². The molecule has 4 aliphatic rings. The molecule has 6 atom stereocenters. The van der Waals surface area contributed by atoms with Gasteiger partial charge in [-0.3, -0.25) is 4.90 Å². The molecule has 0 radical (unpaired) electrons. The monoisotopic (exact) mass is 1110 g/mol. The van der Waals surface area contributed by atoms with Crippen molar-refractivity contribution in [3.63, 3.8) is 0 Å². The number of amides is 4. The van der Waals surface area contributed by atoms with Gasteiger partial charge in [-0.25, -0.2) is 4.98 Å². The number of benzene rings is 2. The maximum absolute atomic E-state index is 15.0. The van der Waals surface area contributed by atoms with E-state index in [0.717, 1.165) is 72.9 Å². The first-order chi connectivity index (χ1) is 33.7. The zero-order valence-electron chi connectivity index (χ0n) is 42.1. The number of pyridine rings is 1. The fourth-order valence-electron chi connectivity index (χ4n) is 9.50. The summed E-state index contributed by atoms with van der Waals surface area (Å²) in [6.07, 6.45) is 7.05. The summed E-state index contributed by atoms with van der Waals surface area (Å²) in [7, 11) is -1.95. The van der Waals surface area contributed by atoms with Crippen LogP contribution in [0.25, 0.3) is 21.9 Å². The number of alkyl halides is 2. The molecule has 19 heteroatoms.